The monoisotopic (exact) mass is 270 g/mol. The van der Waals surface area contributed by atoms with Crippen LogP contribution in [0, 0.1) is 5.92 Å². The molecule has 1 nitrogen and oxygen atoms in total. The topological polar surface area (TPSA) is 9.23 Å². The third kappa shape index (κ3) is 4.41. The summed E-state index contributed by atoms with van der Waals surface area (Å²) < 4.78 is 5.59. The molecule has 0 saturated heterocycles. The molecule has 0 aliphatic heterocycles. The van der Waals surface area contributed by atoms with Crippen LogP contribution in [0.5, 0.6) is 5.75 Å². The summed E-state index contributed by atoms with van der Waals surface area (Å²) in [6.07, 6.45) is 7.13. The maximum atomic E-state index is 5.59. The fourth-order valence-corrected chi connectivity index (χ4v) is 2.20. The Morgan fingerprint density at radius 2 is 2.10 bits per heavy atom. The van der Waals surface area contributed by atoms with Crippen molar-refractivity contribution in [2.75, 3.05) is 6.61 Å². The van der Waals surface area contributed by atoms with Gasteiger partial charge in [-0.15, -0.1) is 0 Å². The van der Waals surface area contributed by atoms with Gasteiger partial charge in [0.15, 0.2) is 0 Å². The number of allylic oxidation sites excluding steroid dienone is 5. The molecule has 0 amide bonds. The fraction of sp³-hybridized carbons (Fsp3) is 0.368. The Hall–Kier alpha value is -1.76. The van der Waals surface area contributed by atoms with Gasteiger partial charge < -0.3 is 4.74 Å². The van der Waals surface area contributed by atoms with E-state index >= 15 is 0 Å². The number of ether oxygens (including phenoxy) is 1. The third-order valence-corrected chi connectivity index (χ3v) is 3.57. The Morgan fingerprint density at radius 1 is 1.35 bits per heavy atom. The molecule has 0 aliphatic carbocycles. The summed E-state index contributed by atoms with van der Waals surface area (Å²) in [7, 11) is 0. The highest BCUT2D eigenvalue weighted by molar-refractivity contribution is 5.70. The maximum absolute atomic E-state index is 5.59. The number of hydrogen-bond acceptors (Lipinski definition) is 1. The molecule has 0 bridgehead atoms. The van der Waals surface area contributed by atoms with Gasteiger partial charge in [-0.3, -0.25) is 0 Å². The molecular formula is C19H26O. The molecule has 1 heteroatoms. The summed E-state index contributed by atoms with van der Waals surface area (Å²) in [5.74, 6) is 1.46. The Labute approximate surface area is 123 Å². The number of hydrogen-bond donors (Lipinski definition) is 0. The SMILES string of the molecule is C=C/C=C\C(=C(/C)c1cccc(OCC)c1)C(C)CC. The molecule has 0 heterocycles. The lowest BCUT2D eigenvalue weighted by molar-refractivity contribution is 0.340. The normalized spacial score (nSPS) is 14.0. The molecule has 1 unspecified atom stereocenters. The minimum absolute atomic E-state index is 0.530. The van der Waals surface area contributed by atoms with Crippen LogP contribution in [0.25, 0.3) is 5.57 Å². The first kappa shape index (κ1) is 16.3. The van der Waals surface area contributed by atoms with E-state index in [4.69, 9.17) is 4.74 Å². The minimum atomic E-state index is 0.530. The highest BCUT2D eigenvalue weighted by Crippen LogP contribution is 2.28. The first-order valence-electron chi connectivity index (χ1n) is 7.37. The molecule has 0 aromatic heterocycles. The van der Waals surface area contributed by atoms with E-state index in [1.807, 2.05) is 25.1 Å². The molecule has 0 N–H and O–H groups in total. The van der Waals surface area contributed by atoms with Crippen molar-refractivity contribution < 1.29 is 4.74 Å². The van der Waals surface area contributed by atoms with Crippen molar-refractivity contribution in [1.82, 2.24) is 0 Å². The van der Waals surface area contributed by atoms with Crippen LogP contribution in [0.3, 0.4) is 0 Å². The second-order valence-corrected chi connectivity index (χ2v) is 4.95. The van der Waals surface area contributed by atoms with Crippen LogP contribution in [0.15, 0.2) is 54.6 Å². The van der Waals surface area contributed by atoms with Crippen molar-refractivity contribution in [1.29, 1.82) is 0 Å². The third-order valence-electron chi connectivity index (χ3n) is 3.57. The second kappa shape index (κ2) is 8.42. The Kier molecular flexibility index (Phi) is 6.86. The molecule has 0 radical (unpaired) electrons. The summed E-state index contributed by atoms with van der Waals surface area (Å²) in [6.45, 7) is 13.1. The van der Waals surface area contributed by atoms with Crippen molar-refractivity contribution in [3.05, 3.63) is 60.2 Å². The van der Waals surface area contributed by atoms with Gasteiger partial charge in [-0.1, -0.05) is 50.8 Å². The predicted octanol–water partition coefficient (Wildman–Crippen LogP) is 5.65. The summed E-state index contributed by atoms with van der Waals surface area (Å²) in [6, 6.07) is 8.31. The van der Waals surface area contributed by atoms with Crippen molar-refractivity contribution in [2.45, 2.75) is 34.1 Å². The summed E-state index contributed by atoms with van der Waals surface area (Å²) in [5, 5.41) is 0. The van der Waals surface area contributed by atoms with Crippen molar-refractivity contribution in [3.8, 4) is 5.75 Å². The lowest BCUT2D eigenvalue weighted by atomic mass is 9.90. The zero-order chi connectivity index (χ0) is 15.0. The number of rotatable bonds is 7. The molecule has 20 heavy (non-hydrogen) atoms. The van der Waals surface area contributed by atoms with Gasteiger partial charge in [0.1, 0.15) is 5.75 Å². The average Bonchev–Trinajstić information content (AvgIpc) is 2.47. The van der Waals surface area contributed by atoms with Crippen LogP contribution in [-0.2, 0) is 0 Å². The van der Waals surface area contributed by atoms with Crippen LogP contribution in [0.2, 0.25) is 0 Å². The zero-order valence-corrected chi connectivity index (χ0v) is 13.1. The van der Waals surface area contributed by atoms with E-state index in [0.717, 1.165) is 12.2 Å². The van der Waals surface area contributed by atoms with E-state index in [2.05, 4.69) is 51.6 Å². The lowest BCUT2D eigenvalue weighted by Crippen LogP contribution is -1.99. The fourth-order valence-electron chi connectivity index (χ4n) is 2.20. The highest BCUT2D eigenvalue weighted by atomic mass is 16.5. The van der Waals surface area contributed by atoms with Crippen molar-refractivity contribution >= 4 is 5.57 Å². The molecule has 0 saturated carbocycles. The van der Waals surface area contributed by atoms with Crippen LogP contribution in [-0.4, -0.2) is 6.61 Å². The van der Waals surface area contributed by atoms with E-state index in [-0.39, 0.29) is 0 Å². The standard InChI is InChI=1S/C19H26O/c1-6-9-13-19(15(4)7-2)16(5)17-11-10-12-18(14-17)20-8-3/h6,9-15H,1,7-8H2,2-5H3/b13-9-,19-16-. The van der Waals surface area contributed by atoms with Crippen molar-refractivity contribution in [3.63, 3.8) is 0 Å². The van der Waals surface area contributed by atoms with Crippen LogP contribution < -0.4 is 4.74 Å². The highest BCUT2D eigenvalue weighted by Gasteiger charge is 2.09. The lowest BCUT2D eigenvalue weighted by Gasteiger charge is -2.16. The Bertz CT molecular complexity index is 494. The average molecular weight is 270 g/mol. The maximum Gasteiger partial charge on any atom is 0.119 e. The molecular weight excluding hydrogens is 244 g/mol. The molecule has 1 rings (SSSR count). The van der Waals surface area contributed by atoms with Gasteiger partial charge in [-0.25, -0.2) is 0 Å². The molecule has 0 fully saturated rings. The van der Waals surface area contributed by atoms with Gasteiger partial charge in [0.2, 0.25) is 0 Å². The largest absolute Gasteiger partial charge is 0.494 e. The summed E-state index contributed by atoms with van der Waals surface area (Å²) >= 11 is 0. The van der Waals surface area contributed by atoms with Crippen molar-refractivity contribution in [2.24, 2.45) is 5.92 Å². The van der Waals surface area contributed by atoms with Crippen LogP contribution in [0.4, 0.5) is 0 Å². The molecule has 108 valence electrons. The van der Waals surface area contributed by atoms with Gasteiger partial charge >= 0.3 is 0 Å². The zero-order valence-electron chi connectivity index (χ0n) is 13.1. The van der Waals surface area contributed by atoms with Crippen LogP contribution in [0.1, 0.15) is 39.7 Å². The smallest absolute Gasteiger partial charge is 0.119 e. The van der Waals surface area contributed by atoms with E-state index in [9.17, 15) is 0 Å². The van der Waals surface area contributed by atoms with E-state index in [1.165, 1.54) is 16.7 Å². The van der Waals surface area contributed by atoms with E-state index in [1.54, 1.807) is 0 Å². The van der Waals surface area contributed by atoms with Crippen LogP contribution >= 0.6 is 0 Å². The quantitative estimate of drug-likeness (QED) is 0.582. The summed E-state index contributed by atoms with van der Waals surface area (Å²) in [5.41, 5.74) is 3.89. The van der Waals surface area contributed by atoms with Gasteiger partial charge in [0.25, 0.3) is 0 Å². The van der Waals surface area contributed by atoms with E-state index in [0.29, 0.717) is 12.5 Å². The van der Waals surface area contributed by atoms with Gasteiger partial charge in [0, 0.05) is 0 Å². The molecule has 0 spiro atoms. The van der Waals surface area contributed by atoms with Gasteiger partial charge in [-0.2, -0.15) is 0 Å². The summed E-state index contributed by atoms with van der Waals surface area (Å²) in [4.78, 5) is 0. The number of benzene rings is 1. The first-order valence-corrected chi connectivity index (χ1v) is 7.37. The molecule has 1 aromatic carbocycles. The first-order chi connectivity index (χ1) is 9.63. The van der Waals surface area contributed by atoms with E-state index < -0.39 is 0 Å². The van der Waals surface area contributed by atoms with Gasteiger partial charge in [0.05, 0.1) is 6.61 Å². The Morgan fingerprint density at radius 3 is 2.70 bits per heavy atom. The minimum Gasteiger partial charge on any atom is -0.494 e. The molecule has 0 aliphatic rings. The molecule has 1 atom stereocenters. The molecule has 1 aromatic rings. The Balaban J connectivity index is 3.22. The van der Waals surface area contributed by atoms with Gasteiger partial charge in [-0.05, 0) is 55.0 Å². The second-order valence-electron chi connectivity index (χ2n) is 4.95. The predicted molar refractivity (Wildman–Crippen MR) is 89.0 cm³/mol.